The Kier molecular flexibility index (Phi) is 5.38. The molecule has 0 saturated carbocycles. The summed E-state index contributed by atoms with van der Waals surface area (Å²) in [5, 5.41) is 3.38. The fourth-order valence-electron chi connectivity index (χ4n) is 3.12. The van der Waals surface area contributed by atoms with Crippen LogP contribution in [0.2, 0.25) is 0 Å². The van der Waals surface area contributed by atoms with Crippen molar-refractivity contribution in [2.75, 3.05) is 5.32 Å². The van der Waals surface area contributed by atoms with E-state index < -0.39 is 5.91 Å². The molecule has 1 aliphatic rings. The maximum absolute atomic E-state index is 12.2. The summed E-state index contributed by atoms with van der Waals surface area (Å²) >= 11 is 1.48. The molecule has 0 atom stereocenters. The minimum Gasteiger partial charge on any atom is -0.462 e. The lowest BCUT2D eigenvalue weighted by molar-refractivity contribution is -0.111. The van der Waals surface area contributed by atoms with Gasteiger partial charge in [0.25, 0.3) is 5.91 Å². The molecule has 3 rings (SSSR count). The van der Waals surface area contributed by atoms with Gasteiger partial charge in [-0.05, 0) is 56.4 Å². The highest BCUT2D eigenvalue weighted by atomic mass is 32.1. The maximum Gasteiger partial charge on any atom is 0.251 e. The standard InChI is InChI=1S/C19H22N2O3S/c1-12-8-9-13(24-12)10-11-16(22)21-19-17(18(20)23)14-6-4-2-3-5-7-15(14)25-19/h8-11H,2-7H2,1H3,(H2,20,23)(H,21,22)/b11-10-. The van der Waals surface area contributed by atoms with Crippen LogP contribution in [-0.4, -0.2) is 11.8 Å². The Balaban J connectivity index is 1.81. The number of anilines is 1. The number of hydrogen-bond donors (Lipinski definition) is 2. The Labute approximate surface area is 150 Å². The van der Waals surface area contributed by atoms with Crippen LogP contribution in [0, 0.1) is 6.92 Å². The van der Waals surface area contributed by atoms with Gasteiger partial charge in [0, 0.05) is 11.0 Å². The first-order valence-corrected chi connectivity index (χ1v) is 9.36. The van der Waals surface area contributed by atoms with Crippen molar-refractivity contribution in [3.63, 3.8) is 0 Å². The molecule has 6 heteroatoms. The zero-order valence-electron chi connectivity index (χ0n) is 14.3. The average molecular weight is 358 g/mol. The second kappa shape index (κ2) is 7.70. The smallest absolute Gasteiger partial charge is 0.251 e. The van der Waals surface area contributed by atoms with Gasteiger partial charge in [0.2, 0.25) is 5.91 Å². The quantitative estimate of drug-likeness (QED) is 0.808. The molecule has 0 radical (unpaired) electrons. The predicted octanol–water partition coefficient (Wildman–Crippen LogP) is 4.06. The molecular formula is C19H22N2O3S. The highest BCUT2D eigenvalue weighted by Gasteiger charge is 2.23. The normalized spacial score (nSPS) is 14.8. The fraction of sp³-hybridized carbons (Fsp3) is 0.368. The molecule has 5 nitrogen and oxygen atoms in total. The number of nitrogens with one attached hydrogen (secondary N) is 1. The number of amides is 2. The van der Waals surface area contributed by atoms with Gasteiger partial charge in [-0.25, -0.2) is 0 Å². The second-order valence-corrected chi connectivity index (χ2v) is 7.36. The van der Waals surface area contributed by atoms with Crippen molar-refractivity contribution < 1.29 is 14.0 Å². The van der Waals surface area contributed by atoms with E-state index >= 15 is 0 Å². The van der Waals surface area contributed by atoms with Crippen molar-refractivity contribution in [2.45, 2.75) is 45.4 Å². The minimum absolute atomic E-state index is 0.300. The van der Waals surface area contributed by atoms with E-state index in [0.717, 1.165) is 37.0 Å². The van der Waals surface area contributed by atoms with Gasteiger partial charge in [-0.2, -0.15) is 0 Å². The number of hydrogen-bond acceptors (Lipinski definition) is 4. The summed E-state index contributed by atoms with van der Waals surface area (Å²) < 4.78 is 5.40. The number of furan rings is 1. The summed E-state index contributed by atoms with van der Waals surface area (Å²) in [4.78, 5) is 25.4. The van der Waals surface area contributed by atoms with E-state index in [0.29, 0.717) is 16.3 Å². The van der Waals surface area contributed by atoms with Crippen LogP contribution in [0.5, 0.6) is 0 Å². The fourth-order valence-corrected chi connectivity index (χ4v) is 4.42. The molecule has 132 valence electrons. The molecule has 0 aliphatic heterocycles. The van der Waals surface area contributed by atoms with Gasteiger partial charge in [0.1, 0.15) is 16.5 Å². The van der Waals surface area contributed by atoms with E-state index in [1.54, 1.807) is 12.1 Å². The van der Waals surface area contributed by atoms with Gasteiger partial charge in [0.05, 0.1) is 5.56 Å². The number of carbonyl (C=O) groups is 2. The Hall–Kier alpha value is -2.34. The van der Waals surface area contributed by atoms with Crippen LogP contribution in [0.4, 0.5) is 5.00 Å². The zero-order valence-corrected chi connectivity index (χ0v) is 15.1. The van der Waals surface area contributed by atoms with E-state index in [1.807, 2.05) is 13.0 Å². The molecule has 1 aliphatic carbocycles. The molecule has 0 aromatic carbocycles. The number of nitrogens with two attached hydrogens (primary N) is 1. The molecule has 0 bridgehead atoms. The number of aryl methyl sites for hydroxylation is 2. The monoisotopic (exact) mass is 358 g/mol. The molecule has 2 aromatic heterocycles. The van der Waals surface area contributed by atoms with Crippen molar-refractivity contribution in [1.29, 1.82) is 0 Å². The molecule has 0 unspecified atom stereocenters. The Morgan fingerprint density at radius 1 is 1.20 bits per heavy atom. The molecule has 2 heterocycles. The summed E-state index contributed by atoms with van der Waals surface area (Å²) in [7, 11) is 0. The van der Waals surface area contributed by atoms with Crippen molar-refractivity contribution in [3.05, 3.63) is 45.7 Å². The van der Waals surface area contributed by atoms with Crippen LogP contribution in [0.15, 0.2) is 22.6 Å². The first kappa shape index (κ1) is 17.5. The van der Waals surface area contributed by atoms with Gasteiger partial charge < -0.3 is 15.5 Å². The van der Waals surface area contributed by atoms with Gasteiger partial charge in [-0.1, -0.05) is 12.8 Å². The third-order valence-corrected chi connectivity index (χ3v) is 5.52. The summed E-state index contributed by atoms with van der Waals surface area (Å²) in [6, 6.07) is 3.63. The molecule has 2 aromatic rings. The summed E-state index contributed by atoms with van der Waals surface area (Å²) in [5.74, 6) is 0.625. The third-order valence-electron chi connectivity index (χ3n) is 4.31. The third kappa shape index (κ3) is 4.20. The summed E-state index contributed by atoms with van der Waals surface area (Å²) in [5.41, 5.74) is 7.11. The van der Waals surface area contributed by atoms with E-state index in [4.69, 9.17) is 10.2 Å². The van der Waals surface area contributed by atoms with E-state index in [9.17, 15) is 9.59 Å². The molecule has 25 heavy (non-hydrogen) atoms. The second-order valence-electron chi connectivity index (χ2n) is 6.26. The molecule has 3 N–H and O–H groups in total. The number of thiophene rings is 1. The molecular weight excluding hydrogens is 336 g/mol. The Morgan fingerprint density at radius 2 is 1.96 bits per heavy atom. The van der Waals surface area contributed by atoms with Crippen molar-refractivity contribution in [3.8, 4) is 0 Å². The number of primary amides is 1. The Bertz CT molecular complexity index is 817. The van der Waals surface area contributed by atoms with E-state index in [2.05, 4.69) is 5.32 Å². The van der Waals surface area contributed by atoms with Crippen molar-refractivity contribution in [1.82, 2.24) is 0 Å². The van der Waals surface area contributed by atoms with Gasteiger partial charge in [-0.3, -0.25) is 9.59 Å². The van der Waals surface area contributed by atoms with Gasteiger partial charge in [0.15, 0.2) is 0 Å². The first-order chi connectivity index (χ1) is 12.0. The number of rotatable bonds is 4. The summed E-state index contributed by atoms with van der Waals surface area (Å²) in [6.45, 7) is 1.85. The van der Waals surface area contributed by atoms with Crippen LogP contribution in [-0.2, 0) is 17.6 Å². The lowest BCUT2D eigenvalue weighted by atomic mass is 9.96. The van der Waals surface area contributed by atoms with E-state index in [1.165, 1.54) is 35.1 Å². The molecule has 0 spiro atoms. The highest BCUT2D eigenvalue weighted by molar-refractivity contribution is 7.17. The maximum atomic E-state index is 12.2. The number of carbonyl (C=O) groups excluding carboxylic acids is 2. The van der Waals surface area contributed by atoms with Crippen LogP contribution in [0.25, 0.3) is 6.08 Å². The first-order valence-electron chi connectivity index (χ1n) is 8.54. The molecule has 2 amide bonds. The lowest BCUT2D eigenvalue weighted by Crippen LogP contribution is -2.17. The zero-order chi connectivity index (χ0) is 17.8. The van der Waals surface area contributed by atoms with Crippen molar-refractivity contribution >= 4 is 34.2 Å². The van der Waals surface area contributed by atoms with Crippen LogP contribution < -0.4 is 11.1 Å². The largest absolute Gasteiger partial charge is 0.462 e. The summed E-state index contributed by atoms with van der Waals surface area (Å²) in [6.07, 6.45) is 9.33. The van der Waals surface area contributed by atoms with Gasteiger partial charge in [-0.15, -0.1) is 11.3 Å². The van der Waals surface area contributed by atoms with Crippen LogP contribution in [0.1, 0.15) is 58.0 Å². The predicted molar refractivity (Wildman–Crippen MR) is 99.8 cm³/mol. The highest BCUT2D eigenvalue weighted by Crippen LogP contribution is 2.36. The topological polar surface area (TPSA) is 85.3 Å². The SMILES string of the molecule is Cc1ccc(/C=C\C(=O)Nc2sc3c(c2C(N)=O)CCCCCC3)o1. The van der Waals surface area contributed by atoms with Crippen LogP contribution >= 0.6 is 11.3 Å². The molecule has 0 saturated heterocycles. The van der Waals surface area contributed by atoms with E-state index in [-0.39, 0.29) is 5.91 Å². The average Bonchev–Trinajstić information content (AvgIpc) is 3.09. The lowest BCUT2D eigenvalue weighted by Gasteiger charge is -2.10. The Morgan fingerprint density at radius 3 is 2.64 bits per heavy atom. The van der Waals surface area contributed by atoms with Gasteiger partial charge >= 0.3 is 0 Å². The molecule has 0 fully saturated rings. The minimum atomic E-state index is -0.473. The van der Waals surface area contributed by atoms with Crippen LogP contribution in [0.3, 0.4) is 0 Å². The number of fused-ring (bicyclic) bond motifs is 1. The van der Waals surface area contributed by atoms with Crippen molar-refractivity contribution in [2.24, 2.45) is 5.73 Å².